The first kappa shape index (κ1) is 20.8. The van der Waals surface area contributed by atoms with E-state index < -0.39 is 12.1 Å². The molecule has 26 heavy (non-hydrogen) atoms. The summed E-state index contributed by atoms with van der Waals surface area (Å²) < 4.78 is 6.01. The van der Waals surface area contributed by atoms with Crippen molar-refractivity contribution in [2.75, 3.05) is 6.61 Å². The average Bonchev–Trinajstić information content (AvgIpc) is 2.84. The minimum atomic E-state index is -0.762. The number of benzene rings is 1. The van der Waals surface area contributed by atoms with Crippen molar-refractivity contribution in [2.24, 2.45) is 11.8 Å². The number of rotatable bonds is 9. The van der Waals surface area contributed by atoms with Gasteiger partial charge in [-0.1, -0.05) is 24.3 Å². The first-order chi connectivity index (χ1) is 12.4. The molecule has 5 heteroatoms. The number of aryl methyl sites for hydroxylation is 2. The first-order valence-electron chi connectivity index (χ1n) is 9.27. The standard InChI is InChI=1S/C21H29ClO4/c1-14-9-10-15(2)20(11-14)26-13-17-16(18(22)12-19(17)23)7-5-3-4-6-8-21(24)25/h3,5,9-11,16-19,23H,4,6-8,12-13H2,1-2H3,(H,24,25)/b5-3-/t16-,17-,18-,19-/m1/s1. The molecule has 0 amide bonds. The first-order valence-corrected chi connectivity index (χ1v) is 9.71. The van der Waals surface area contributed by atoms with E-state index in [1.54, 1.807) is 0 Å². The van der Waals surface area contributed by atoms with E-state index in [9.17, 15) is 9.90 Å². The summed E-state index contributed by atoms with van der Waals surface area (Å²) in [5.74, 6) is 0.258. The fourth-order valence-electron chi connectivity index (χ4n) is 3.48. The van der Waals surface area contributed by atoms with Gasteiger partial charge in [-0.15, -0.1) is 11.6 Å². The molecule has 0 radical (unpaired) electrons. The predicted molar refractivity (Wildman–Crippen MR) is 104 cm³/mol. The van der Waals surface area contributed by atoms with Gasteiger partial charge in [-0.3, -0.25) is 4.79 Å². The van der Waals surface area contributed by atoms with Gasteiger partial charge < -0.3 is 14.9 Å². The Morgan fingerprint density at radius 2 is 2.08 bits per heavy atom. The minimum Gasteiger partial charge on any atom is -0.493 e. The molecule has 4 nitrogen and oxygen atoms in total. The highest BCUT2D eigenvalue weighted by Crippen LogP contribution is 2.39. The molecule has 1 aliphatic rings. The van der Waals surface area contributed by atoms with Gasteiger partial charge in [-0.05, 0) is 62.6 Å². The lowest BCUT2D eigenvalue weighted by molar-refractivity contribution is -0.137. The number of carboxylic acid groups (broad SMARTS) is 1. The molecule has 0 unspecified atom stereocenters. The maximum Gasteiger partial charge on any atom is 0.303 e. The predicted octanol–water partition coefficient (Wildman–Crippen LogP) is 4.49. The van der Waals surface area contributed by atoms with E-state index in [0.29, 0.717) is 19.4 Å². The van der Waals surface area contributed by atoms with Crippen molar-refractivity contribution in [1.82, 2.24) is 0 Å². The van der Waals surface area contributed by atoms with E-state index in [1.807, 2.05) is 32.1 Å². The number of unbranched alkanes of at least 4 members (excludes halogenated alkanes) is 1. The average molecular weight is 381 g/mol. The zero-order chi connectivity index (χ0) is 19.1. The zero-order valence-corrected chi connectivity index (χ0v) is 16.3. The number of halogens is 1. The number of aliphatic hydroxyl groups is 1. The fourth-order valence-corrected chi connectivity index (χ4v) is 3.95. The van der Waals surface area contributed by atoms with Crippen LogP contribution in [0.4, 0.5) is 0 Å². The highest BCUT2D eigenvalue weighted by molar-refractivity contribution is 6.21. The van der Waals surface area contributed by atoms with Gasteiger partial charge >= 0.3 is 5.97 Å². The van der Waals surface area contributed by atoms with Crippen LogP contribution < -0.4 is 4.74 Å². The molecule has 1 fully saturated rings. The summed E-state index contributed by atoms with van der Waals surface area (Å²) in [6, 6.07) is 6.11. The smallest absolute Gasteiger partial charge is 0.303 e. The van der Waals surface area contributed by atoms with Crippen molar-refractivity contribution in [3.8, 4) is 5.75 Å². The van der Waals surface area contributed by atoms with Crippen molar-refractivity contribution >= 4 is 17.6 Å². The Bertz CT molecular complexity index is 628. The fraction of sp³-hybridized carbons (Fsp3) is 0.571. The second kappa shape index (κ2) is 9.98. The Morgan fingerprint density at radius 1 is 1.31 bits per heavy atom. The van der Waals surface area contributed by atoms with Crippen LogP contribution in [0.3, 0.4) is 0 Å². The summed E-state index contributed by atoms with van der Waals surface area (Å²) in [5, 5.41) is 19.0. The number of allylic oxidation sites excluding steroid dienone is 2. The van der Waals surface area contributed by atoms with Crippen LogP contribution in [-0.2, 0) is 4.79 Å². The summed E-state index contributed by atoms with van der Waals surface area (Å²) in [7, 11) is 0. The molecule has 4 atom stereocenters. The summed E-state index contributed by atoms with van der Waals surface area (Å²) in [6.45, 7) is 4.50. The van der Waals surface area contributed by atoms with Crippen LogP contribution in [0.1, 0.15) is 43.2 Å². The number of alkyl halides is 1. The molecule has 0 bridgehead atoms. The summed E-state index contributed by atoms with van der Waals surface area (Å²) in [6.07, 6.45) is 6.56. The van der Waals surface area contributed by atoms with Crippen LogP contribution in [0.2, 0.25) is 0 Å². The normalized spacial score (nSPS) is 25.7. The van der Waals surface area contributed by atoms with Crippen molar-refractivity contribution in [3.05, 3.63) is 41.5 Å². The Balaban J connectivity index is 1.89. The molecule has 1 aromatic rings. The molecular weight excluding hydrogens is 352 g/mol. The van der Waals surface area contributed by atoms with Gasteiger partial charge in [0.1, 0.15) is 5.75 Å². The van der Waals surface area contributed by atoms with Gasteiger partial charge in [0.15, 0.2) is 0 Å². The Labute approximate surface area is 160 Å². The van der Waals surface area contributed by atoms with Crippen molar-refractivity contribution in [3.63, 3.8) is 0 Å². The number of hydrogen-bond donors (Lipinski definition) is 2. The molecule has 0 aromatic heterocycles. The molecule has 1 aromatic carbocycles. The van der Waals surface area contributed by atoms with Crippen LogP contribution in [0, 0.1) is 25.7 Å². The Kier molecular flexibility index (Phi) is 7.98. The van der Waals surface area contributed by atoms with Gasteiger partial charge in [-0.2, -0.15) is 0 Å². The van der Waals surface area contributed by atoms with Gasteiger partial charge in [0.05, 0.1) is 12.7 Å². The van der Waals surface area contributed by atoms with Crippen molar-refractivity contribution in [1.29, 1.82) is 0 Å². The van der Waals surface area contributed by atoms with Gasteiger partial charge in [-0.25, -0.2) is 0 Å². The van der Waals surface area contributed by atoms with E-state index in [4.69, 9.17) is 21.4 Å². The third-order valence-corrected chi connectivity index (χ3v) is 5.59. The molecule has 2 N–H and O–H groups in total. The lowest BCUT2D eigenvalue weighted by Crippen LogP contribution is -2.27. The van der Waals surface area contributed by atoms with Gasteiger partial charge in [0, 0.05) is 17.7 Å². The molecule has 0 aliphatic heterocycles. The van der Waals surface area contributed by atoms with Crippen LogP contribution in [0.5, 0.6) is 5.75 Å². The second-order valence-corrected chi connectivity index (χ2v) is 7.78. The molecular formula is C21H29ClO4. The Hall–Kier alpha value is -1.52. The molecule has 2 rings (SSSR count). The highest BCUT2D eigenvalue weighted by atomic mass is 35.5. The van der Waals surface area contributed by atoms with E-state index in [1.165, 1.54) is 0 Å². The maximum atomic E-state index is 10.5. The Morgan fingerprint density at radius 3 is 2.81 bits per heavy atom. The second-order valence-electron chi connectivity index (χ2n) is 7.22. The molecule has 144 valence electrons. The number of carbonyl (C=O) groups is 1. The highest BCUT2D eigenvalue weighted by Gasteiger charge is 2.41. The minimum absolute atomic E-state index is 0.00100. The maximum absolute atomic E-state index is 10.5. The molecule has 0 heterocycles. The molecule has 1 aliphatic carbocycles. The largest absolute Gasteiger partial charge is 0.493 e. The van der Waals surface area contributed by atoms with Gasteiger partial charge in [0.25, 0.3) is 0 Å². The van der Waals surface area contributed by atoms with E-state index in [2.05, 4.69) is 12.1 Å². The quantitative estimate of drug-likeness (QED) is 0.376. The molecule has 0 spiro atoms. The topological polar surface area (TPSA) is 66.8 Å². The van der Waals surface area contributed by atoms with E-state index in [-0.39, 0.29) is 23.6 Å². The van der Waals surface area contributed by atoms with Gasteiger partial charge in [0.2, 0.25) is 0 Å². The summed E-state index contributed by atoms with van der Waals surface area (Å²) in [4.78, 5) is 10.5. The van der Waals surface area contributed by atoms with Crippen molar-refractivity contribution < 1.29 is 19.7 Å². The molecule has 1 saturated carbocycles. The van der Waals surface area contributed by atoms with Crippen LogP contribution in [-0.4, -0.2) is 34.3 Å². The SMILES string of the molecule is Cc1ccc(C)c(OC[C@@H]2[C@@H](C/C=C\CCCC(=O)O)[C@H](Cl)C[C@H]2O)c1. The lowest BCUT2D eigenvalue weighted by atomic mass is 9.92. The summed E-state index contributed by atoms with van der Waals surface area (Å²) in [5.41, 5.74) is 2.23. The third-order valence-electron chi connectivity index (χ3n) is 5.09. The molecule has 0 saturated heterocycles. The summed E-state index contributed by atoms with van der Waals surface area (Å²) >= 11 is 6.46. The zero-order valence-electron chi connectivity index (χ0n) is 15.5. The van der Waals surface area contributed by atoms with Crippen LogP contribution in [0.25, 0.3) is 0 Å². The number of carboxylic acids is 1. The third kappa shape index (κ3) is 6.03. The van der Waals surface area contributed by atoms with Crippen molar-refractivity contribution in [2.45, 2.75) is 57.4 Å². The van der Waals surface area contributed by atoms with E-state index in [0.717, 1.165) is 29.7 Å². The lowest BCUT2D eigenvalue weighted by Gasteiger charge is -2.23. The van der Waals surface area contributed by atoms with Crippen LogP contribution in [0.15, 0.2) is 30.4 Å². The number of ether oxygens (including phenoxy) is 1. The van der Waals surface area contributed by atoms with Crippen LogP contribution >= 0.6 is 11.6 Å². The van der Waals surface area contributed by atoms with E-state index >= 15 is 0 Å². The number of hydrogen-bond acceptors (Lipinski definition) is 3. The number of aliphatic hydroxyl groups excluding tert-OH is 1. The monoisotopic (exact) mass is 380 g/mol. The number of aliphatic carboxylic acids is 1.